The first kappa shape index (κ1) is 32.2. The van der Waals surface area contributed by atoms with E-state index in [0.717, 1.165) is 68.1 Å². The van der Waals surface area contributed by atoms with E-state index in [1.54, 1.807) is 25.6 Å². The van der Waals surface area contributed by atoms with Gasteiger partial charge in [0.1, 0.15) is 11.5 Å². The lowest BCUT2D eigenvalue weighted by molar-refractivity contribution is 0.415. The van der Waals surface area contributed by atoms with Crippen molar-refractivity contribution in [1.82, 2.24) is 9.97 Å². The van der Waals surface area contributed by atoms with E-state index < -0.39 is 0 Å². The highest BCUT2D eigenvalue weighted by atomic mass is 32.2. The van der Waals surface area contributed by atoms with Crippen LogP contribution < -0.4 is 14.4 Å². The molecule has 0 bridgehead atoms. The largest absolute Gasteiger partial charge is 0.497 e. The van der Waals surface area contributed by atoms with E-state index in [1.807, 2.05) is 60.4 Å². The van der Waals surface area contributed by atoms with E-state index in [1.165, 1.54) is 14.6 Å². The standard InChI is InChI=1S/C42H35N3O2S2/c1-4-48-37-9-7-8-30(26-37)39-27-31(28-40(44-39)38-10-5-6-25-43-38)42-24-23-41(49-42)29-11-13-32(14-12-29)45(33-15-19-35(46-2)20-16-33)34-17-21-36(47-3)22-18-34/h5-28H,4H2,1-3H3. The summed E-state index contributed by atoms with van der Waals surface area (Å²) in [6, 6.07) is 48.3. The average Bonchev–Trinajstić information content (AvgIpc) is 3.67. The first-order valence-electron chi connectivity index (χ1n) is 16.1. The molecule has 0 N–H and O–H groups in total. The molecule has 49 heavy (non-hydrogen) atoms. The molecule has 7 aromatic rings. The number of methoxy groups -OCH3 is 2. The third-order valence-electron chi connectivity index (χ3n) is 8.16. The zero-order valence-electron chi connectivity index (χ0n) is 27.5. The average molecular weight is 678 g/mol. The Labute approximate surface area is 295 Å². The molecule has 7 rings (SSSR count). The van der Waals surface area contributed by atoms with Crippen molar-refractivity contribution in [3.63, 3.8) is 0 Å². The Hall–Kier alpha value is -5.37. The van der Waals surface area contributed by atoms with Crippen LogP contribution in [0.1, 0.15) is 6.92 Å². The van der Waals surface area contributed by atoms with Crippen LogP contribution in [0.25, 0.3) is 43.5 Å². The SMILES string of the molecule is CCSc1cccc(-c2cc(-c3ccc(-c4ccc(N(c5ccc(OC)cc5)c5ccc(OC)cc5)cc4)s3)cc(-c3ccccn3)n2)c1. The van der Waals surface area contributed by atoms with E-state index in [4.69, 9.17) is 14.5 Å². The molecule has 242 valence electrons. The molecule has 0 spiro atoms. The molecule has 0 amide bonds. The van der Waals surface area contributed by atoms with Crippen LogP contribution in [-0.4, -0.2) is 29.9 Å². The minimum absolute atomic E-state index is 0.819. The minimum Gasteiger partial charge on any atom is -0.497 e. The molecule has 7 heteroatoms. The number of thioether (sulfide) groups is 1. The minimum atomic E-state index is 0.819. The fourth-order valence-corrected chi connectivity index (χ4v) is 7.43. The smallest absolute Gasteiger partial charge is 0.119 e. The Morgan fingerprint density at radius 2 is 1.18 bits per heavy atom. The lowest BCUT2D eigenvalue weighted by atomic mass is 10.1. The fraction of sp³-hybridized carbons (Fsp3) is 0.0952. The molecule has 3 aromatic heterocycles. The number of hydrogen-bond donors (Lipinski definition) is 0. The van der Waals surface area contributed by atoms with Crippen molar-refractivity contribution in [3.8, 4) is 55.0 Å². The molecule has 3 heterocycles. The molecule has 0 saturated carbocycles. The lowest BCUT2D eigenvalue weighted by Gasteiger charge is -2.26. The van der Waals surface area contributed by atoms with Crippen molar-refractivity contribution in [1.29, 1.82) is 0 Å². The van der Waals surface area contributed by atoms with E-state index in [0.29, 0.717) is 0 Å². The van der Waals surface area contributed by atoms with Crippen LogP contribution >= 0.6 is 23.1 Å². The van der Waals surface area contributed by atoms with Crippen LogP contribution in [-0.2, 0) is 0 Å². The van der Waals surface area contributed by atoms with Gasteiger partial charge < -0.3 is 14.4 Å². The Morgan fingerprint density at radius 3 is 1.78 bits per heavy atom. The maximum atomic E-state index is 5.42. The van der Waals surface area contributed by atoms with Gasteiger partial charge in [0.25, 0.3) is 0 Å². The molecule has 0 unspecified atom stereocenters. The van der Waals surface area contributed by atoms with Gasteiger partial charge in [-0.3, -0.25) is 4.98 Å². The van der Waals surface area contributed by atoms with Gasteiger partial charge in [0, 0.05) is 43.5 Å². The van der Waals surface area contributed by atoms with E-state index in [-0.39, 0.29) is 0 Å². The number of anilines is 3. The van der Waals surface area contributed by atoms with E-state index in [9.17, 15) is 0 Å². The molecule has 5 nitrogen and oxygen atoms in total. The number of hydrogen-bond acceptors (Lipinski definition) is 7. The summed E-state index contributed by atoms with van der Waals surface area (Å²) in [6.07, 6.45) is 1.82. The summed E-state index contributed by atoms with van der Waals surface area (Å²) < 4.78 is 10.8. The Kier molecular flexibility index (Phi) is 9.73. The molecule has 4 aromatic carbocycles. The van der Waals surface area contributed by atoms with Crippen molar-refractivity contribution >= 4 is 40.2 Å². The third kappa shape index (κ3) is 7.23. The van der Waals surface area contributed by atoms with E-state index >= 15 is 0 Å². The van der Waals surface area contributed by atoms with Crippen LogP contribution in [0, 0.1) is 0 Å². The van der Waals surface area contributed by atoms with Crippen LogP contribution in [0.5, 0.6) is 11.5 Å². The number of nitrogens with zero attached hydrogens (tertiary/aromatic N) is 3. The summed E-state index contributed by atoms with van der Waals surface area (Å²) in [6.45, 7) is 2.18. The number of rotatable bonds is 11. The van der Waals surface area contributed by atoms with Gasteiger partial charge >= 0.3 is 0 Å². The number of ether oxygens (including phenoxy) is 2. The molecule has 0 fully saturated rings. The monoisotopic (exact) mass is 677 g/mol. The first-order valence-corrected chi connectivity index (χ1v) is 17.9. The highest BCUT2D eigenvalue weighted by molar-refractivity contribution is 7.99. The van der Waals surface area contributed by atoms with Crippen LogP contribution in [0.2, 0.25) is 0 Å². The van der Waals surface area contributed by atoms with Crippen molar-refractivity contribution in [3.05, 3.63) is 146 Å². The van der Waals surface area contributed by atoms with E-state index in [2.05, 4.69) is 114 Å². The van der Waals surface area contributed by atoms with Crippen LogP contribution in [0.15, 0.2) is 151 Å². The fourth-order valence-electron chi connectivity index (χ4n) is 5.71. The maximum absolute atomic E-state index is 5.42. The molecule has 0 radical (unpaired) electrons. The highest BCUT2D eigenvalue weighted by Crippen LogP contribution is 2.40. The first-order chi connectivity index (χ1) is 24.1. The second-order valence-corrected chi connectivity index (χ2v) is 13.7. The molecular weight excluding hydrogens is 643 g/mol. The number of benzene rings is 4. The predicted octanol–water partition coefficient (Wildman–Crippen LogP) is 11.8. The number of pyridine rings is 2. The van der Waals surface area contributed by atoms with Gasteiger partial charge in [0.2, 0.25) is 0 Å². The summed E-state index contributed by atoms with van der Waals surface area (Å²) in [5, 5.41) is 0. The summed E-state index contributed by atoms with van der Waals surface area (Å²) >= 11 is 3.62. The summed E-state index contributed by atoms with van der Waals surface area (Å²) in [4.78, 5) is 15.5. The van der Waals surface area contributed by atoms with Crippen molar-refractivity contribution in [2.45, 2.75) is 11.8 Å². The molecule has 0 saturated heterocycles. The predicted molar refractivity (Wildman–Crippen MR) is 206 cm³/mol. The van der Waals surface area contributed by atoms with Crippen molar-refractivity contribution < 1.29 is 9.47 Å². The third-order valence-corrected chi connectivity index (χ3v) is 10.2. The maximum Gasteiger partial charge on any atom is 0.119 e. The summed E-state index contributed by atoms with van der Waals surface area (Å²) in [5.41, 5.74) is 9.16. The Bertz CT molecular complexity index is 2100. The van der Waals surface area contributed by atoms with Gasteiger partial charge in [-0.2, -0.15) is 0 Å². The van der Waals surface area contributed by atoms with Crippen molar-refractivity contribution in [2.24, 2.45) is 0 Å². The Balaban J connectivity index is 1.23. The van der Waals surface area contributed by atoms with Gasteiger partial charge in [-0.25, -0.2) is 4.98 Å². The topological polar surface area (TPSA) is 47.5 Å². The zero-order valence-corrected chi connectivity index (χ0v) is 29.2. The normalized spacial score (nSPS) is 10.9. The molecular formula is C42H35N3O2S2. The summed E-state index contributed by atoms with van der Waals surface area (Å²) in [7, 11) is 3.37. The molecule has 0 aliphatic rings. The second-order valence-electron chi connectivity index (χ2n) is 11.2. The van der Waals surface area contributed by atoms with Crippen LogP contribution in [0.4, 0.5) is 17.1 Å². The number of thiophene rings is 1. The number of aromatic nitrogens is 2. The zero-order chi connectivity index (χ0) is 33.6. The molecule has 0 aliphatic heterocycles. The van der Waals surface area contributed by atoms with Gasteiger partial charge in [0.15, 0.2) is 0 Å². The lowest BCUT2D eigenvalue weighted by Crippen LogP contribution is -2.09. The van der Waals surface area contributed by atoms with Gasteiger partial charge in [-0.1, -0.05) is 37.3 Å². The Morgan fingerprint density at radius 1 is 0.571 bits per heavy atom. The van der Waals surface area contributed by atoms with Gasteiger partial charge in [0.05, 0.1) is 31.3 Å². The molecule has 0 aliphatic carbocycles. The molecule has 0 atom stereocenters. The van der Waals surface area contributed by atoms with Crippen LogP contribution in [0.3, 0.4) is 0 Å². The van der Waals surface area contributed by atoms with Gasteiger partial charge in [-0.05, 0) is 126 Å². The quantitative estimate of drug-likeness (QED) is 0.127. The highest BCUT2D eigenvalue weighted by Gasteiger charge is 2.15. The second kappa shape index (κ2) is 14.8. The van der Waals surface area contributed by atoms with Crippen molar-refractivity contribution in [2.75, 3.05) is 24.9 Å². The van der Waals surface area contributed by atoms with Gasteiger partial charge in [-0.15, -0.1) is 23.1 Å². The summed E-state index contributed by atoms with van der Waals surface area (Å²) in [5.74, 6) is 2.66.